The van der Waals surface area contributed by atoms with Gasteiger partial charge in [-0.2, -0.15) is 5.26 Å². The van der Waals surface area contributed by atoms with Crippen molar-refractivity contribution in [1.82, 2.24) is 9.55 Å². The zero-order chi connectivity index (χ0) is 22.2. The summed E-state index contributed by atoms with van der Waals surface area (Å²) < 4.78 is 2.33. The van der Waals surface area contributed by atoms with Crippen molar-refractivity contribution in [2.24, 2.45) is 0 Å². The van der Waals surface area contributed by atoms with Crippen molar-refractivity contribution >= 4 is 21.8 Å². The summed E-state index contributed by atoms with van der Waals surface area (Å²) in [7, 11) is 0. The van der Waals surface area contributed by atoms with Crippen LogP contribution in [-0.4, -0.2) is 9.55 Å². The summed E-state index contributed by atoms with van der Waals surface area (Å²) >= 11 is 0. The number of nitriles is 1. The van der Waals surface area contributed by atoms with Gasteiger partial charge in [-0.3, -0.25) is 4.98 Å². The Labute approximate surface area is 191 Å². The highest BCUT2D eigenvalue weighted by molar-refractivity contribution is 6.10. The van der Waals surface area contributed by atoms with Crippen molar-refractivity contribution in [3.05, 3.63) is 121 Å². The Kier molecular flexibility index (Phi) is 4.49. The van der Waals surface area contributed by atoms with Crippen molar-refractivity contribution in [2.45, 2.75) is 0 Å². The number of pyridine rings is 1. The fraction of sp³-hybridized carbons (Fsp3) is 0. The number of fused-ring (bicyclic) bond motifs is 3. The molecule has 33 heavy (non-hydrogen) atoms. The minimum Gasteiger partial charge on any atom is -0.309 e. The molecular formula is C30H19N3. The van der Waals surface area contributed by atoms with E-state index in [0.717, 1.165) is 27.9 Å². The highest BCUT2D eigenvalue weighted by atomic mass is 15.0. The molecule has 6 rings (SSSR count). The Balaban J connectivity index is 1.49. The first kappa shape index (κ1) is 19.0. The SMILES string of the molecule is N#Cc1cncc(-c2ccc(-c3ccc4c5ccccc5n(-c5ccccc5)c4c3)cc2)c1. The molecule has 2 aromatic heterocycles. The maximum Gasteiger partial charge on any atom is 0.101 e. The highest BCUT2D eigenvalue weighted by Gasteiger charge is 2.13. The Bertz CT molecular complexity index is 1650. The van der Waals surface area contributed by atoms with E-state index in [-0.39, 0.29) is 0 Å². The Morgan fingerprint density at radius 2 is 1.24 bits per heavy atom. The van der Waals surface area contributed by atoms with E-state index in [2.05, 4.69) is 107 Å². The second kappa shape index (κ2) is 7.78. The minimum atomic E-state index is 0.566. The van der Waals surface area contributed by atoms with E-state index in [1.165, 1.54) is 21.8 Å². The van der Waals surface area contributed by atoms with E-state index in [0.29, 0.717) is 5.56 Å². The monoisotopic (exact) mass is 421 g/mol. The van der Waals surface area contributed by atoms with E-state index in [9.17, 15) is 0 Å². The normalized spacial score (nSPS) is 11.0. The van der Waals surface area contributed by atoms with E-state index < -0.39 is 0 Å². The largest absolute Gasteiger partial charge is 0.309 e. The van der Waals surface area contributed by atoms with Crippen LogP contribution in [0, 0.1) is 11.3 Å². The topological polar surface area (TPSA) is 41.6 Å². The Morgan fingerprint density at radius 1 is 0.576 bits per heavy atom. The minimum absolute atomic E-state index is 0.566. The number of aromatic nitrogens is 2. The van der Waals surface area contributed by atoms with Gasteiger partial charge in [0, 0.05) is 34.4 Å². The third-order valence-electron chi connectivity index (χ3n) is 6.11. The molecule has 0 saturated heterocycles. The number of rotatable bonds is 3. The van der Waals surface area contributed by atoms with Gasteiger partial charge in [0.1, 0.15) is 6.07 Å². The van der Waals surface area contributed by atoms with Crippen LogP contribution in [0.4, 0.5) is 0 Å². The summed E-state index contributed by atoms with van der Waals surface area (Å²) in [4.78, 5) is 4.18. The van der Waals surface area contributed by atoms with Gasteiger partial charge in [-0.05, 0) is 47.0 Å². The van der Waals surface area contributed by atoms with Crippen LogP contribution in [0.25, 0.3) is 49.7 Å². The average molecular weight is 422 g/mol. The van der Waals surface area contributed by atoms with Crippen LogP contribution >= 0.6 is 0 Å². The molecule has 6 aromatic rings. The first-order chi connectivity index (χ1) is 16.3. The Hall–Kier alpha value is -4.68. The molecule has 154 valence electrons. The average Bonchev–Trinajstić information content (AvgIpc) is 3.23. The predicted octanol–water partition coefficient (Wildman–Crippen LogP) is 7.38. The predicted molar refractivity (Wildman–Crippen MR) is 134 cm³/mol. The molecule has 0 radical (unpaired) electrons. The molecule has 0 N–H and O–H groups in total. The van der Waals surface area contributed by atoms with Crippen LogP contribution in [0.2, 0.25) is 0 Å². The highest BCUT2D eigenvalue weighted by Crippen LogP contribution is 2.35. The van der Waals surface area contributed by atoms with Gasteiger partial charge in [-0.1, -0.05) is 72.8 Å². The van der Waals surface area contributed by atoms with Crippen molar-refractivity contribution in [2.75, 3.05) is 0 Å². The molecule has 0 aliphatic carbocycles. The summed E-state index contributed by atoms with van der Waals surface area (Å²) in [5.74, 6) is 0. The van der Waals surface area contributed by atoms with Crippen LogP contribution in [-0.2, 0) is 0 Å². The van der Waals surface area contributed by atoms with Crippen LogP contribution < -0.4 is 0 Å². The van der Waals surface area contributed by atoms with Crippen molar-refractivity contribution in [3.63, 3.8) is 0 Å². The van der Waals surface area contributed by atoms with Crippen LogP contribution in [0.3, 0.4) is 0 Å². The van der Waals surface area contributed by atoms with Gasteiger partial charge in [0.25, 0.3) is 0 Å². The Morgan fingerprint density at radius 3 is 2.03 bits per heavy atom. The summed E-state index contributed by atoms with van der Waals surface area (Å²) in [5, 5.41) is 11.7. The van der Waals surface area contributed by atoms with Crippen molar-refractivity contribution in [1.29, 1.82) is 5.26 Å². The number of nitrogens with zero attached hydrogens (tertiary/aromatic N) is 3. The molecular weight excluding hydrogens is 402 g/mol. The quantitative estimate of drug-likeness (QED) is 0.299. The number of benzene rings is 4. The molecule has 3 heteroatoms. The first-order valence-corrected chi connectivity index (χ1v) is 10.9. The number of para-hydroxylation sites is 2. The van der Waals surface area contributed by atoms with Crippen LogP contribution in [0.5, 0.6) is 0 Å². The van der Waals surface area contributed by atoms with E-state index >= 15 is 0 Å². The number of hydrogen-bond donors (Lipinski definition) is 0. The zero-order valence-corrected chi connectivity index (χ0v) is 17.8. The maximum atomic E-state index is 9.15. The van der Waals surface area contributed by atoms with Crippen LogP contribution in [0.15, 0.2) is 116 Å². The molecule has 0 spiro atoms. The third kappa shape index (κ3) is 3.26. The second-order valence-electron chi connectivity index (χ2n) is 8.07. The van der Waals surface area contributed by atoms with Gasteiger partial charge in [-0.15, -0.1) is 0 Å². The van der Waals surface area contributed by atoms with Crippen molar-refractivity contribution < 1.29 is 0 Å². The first-order valence-electron chi connectivity index (χ1n) is 10.9. The van der Waals surface area contributed by atoms with E-state index in [1.807, 2.05) is 12.1 Å². The second-order valence-corrected chi connectivity index (χ2v) is 8.07. The lowest BCUT2D eigenvalue weighted by atomic mass is 9.99. The van der Waals surface area contributed by atoms with E-state index in [1.54, 1.807) is 12.4 Å². The molecule has 0 unspecified atom stereocenters. The molecule has 2 heterocycles. The summed E-state index contributed by atoms with van der Waals surface area (Å²) in [6, 6.07) is 38.2. The molecule has 0 fully saturated rings. The van der Waals surface area contributed by atoms with Gasteiger partial charge >= 0.3 is 0 Å². The summed E-state index contributed by atoms with van der Waals surface area (Å²) in [5.41, 5.74) is 8.42. The zero-order valence-electron chi connectivity index (χ0n) is 17.8. The third-order valence-corrected chi connectivity index (χ3v) is 6.11. The van der Waals surface area contributed by atoms with Crippen LogP contribution in [0.1, 0.15) is 5.56 Å². The summed E-state index contributed by atoms with van der Waals surface area (Å²) in [6.07, 6.45) is 3.37. The molecule has 0 bridgehead atoms. The molecule has 0 amide bonds. The van der Waals surface area contributed by atoms with Gasteiger partial charge < -0.3 is 4.57 Å². The standard InChI is InChI=1S/C30H19N3/c31-18-21-16-25(20-32-19-21)23-12-10-22(11-13-23)24-14-15-28-27-8-4-5-9-29(27)33(30(28)17-24)26-6-2-1-3-7-26/h1-17,19-20H. The summed E-state index contributed by atoms with van der Waals surface area (Å²) in [6.45, 7) is 0. The lowest BCUT2D eigenvalue weighted by molar-refractivity contribution is 1.18. The van der Waals surface area contributed by atoms with E-state index in [4.69, 9.17) is 5.26 Å². The maximum absolute atomic E-state index is 9.15. The fourth-order valence-electron chi connectivity index (χ4n) is 4.52. The molecule has 4 aromatic carbocycles. The van der Waals surface area contributed by atoms with Gasteiger partial charge in [0.2, 0.25) is 0 Å². The lowest BCUT2D eigenvalue weighted by Crippen LogP contribution is -1.93. The van der Waals surface area contributed by atoms with Gasteiger partial charge in [-0.25, -0.2) is 0 Å². The molecule has 3 nitrogen and oxygen atoms in total. The lowest BCUT2D eigenvalue weighted by Gasteiger charge is -2.09. The molecule has 0 aliphatic heterocycles. The molecule has 0 saturated carbocycles. The number of hydrogen-bond acceptors (Lipinski definition) is 2. The van der Waals surface area contributed by atoms with Gasteiger partial charge in [0.15, 0.2) is 0 Å². The molecule has 0 atom stereocenters. The smallest absolute Gasteiger partial charge is 0.101 e. The molecule has 0 aliphatic rings. The van der Waals surface area contributed by atoms with Gasteiger partial charge in [0.05, 0.1) is 16.6 Å². The fourth-order valence-corrected chi connectivity index (χ4v) is 4.52. The van der Waals surface area contributed by atoms with Crippen molar-refractivity contribution in [3.8, 4) is 34.0 Å².